The minimum absolute atomic E-state index is 0.188. The van der Waals surface area contributed by atoms with Gasteiger partial charge in [-0.3, -0.25) is 14.4 Å². The first kappa shape index (κ1) is 18.8. The molecule has 1 fully saturated rings. The molecule has 0 atom stereocenters. The number of amides is 2. The molecule has 1 aromatic carbocycles. The number of nitrogens with one attached hydrogen (secondary N) is 2. The lowest BCUT2D eigenvalue weighted by Crippen LogP contribution is -2.36. The number of carbonyl (C=O) groups is 3. The second kappa shape index (κ2) is 8.50. The van der Waals surface area contributed by atoms with E-state index in [1.54, 1.807) is 0 Å². The van der Waals surface area contributed by atoms with Crippen LogP contribution >= 0.6 is 0 Å². The summed E-state index contributed by atoms with van der Waals surface area (Å²) in [5.74, 6) is -6.81. The molecule has 6 nitrogen and oxygen atoms in total. The highest BCUT2D eigenvalue weighted by atomic mass is 19.2. The van der Waals surface area contributed by atoms with Crippen LogP contribution in [0.15, 0.2) is 12.1 Å². The Hall–Kier alpha value is -2.58. The van der Waals surface area contributed by atoms with Gasteiger partial charge in [0.2, 0.25) is 5.91 Å². The smallest absolute Gasteiger partial charge is 0.309 e. The summed E-state index contributed by atoms with van der Waals surface area (Å²) in [6.07, 6.45) is 3.38. The van der Waals surface area contributed by atoms with Gasteiger partial charge in [-0.05, 0) is 25.0 Å². The molecule has 0 aromatic heterocycles. The number of carbonyl (C=O) groups excluding carboxylic acids is 3. The van der Waals surface area contributed by atoms with E-state index in [4.69, 9.17) is 4.74 Å². The third-order valence-corrected chi connectivity index (χ3v) is 3.79. The zero-order valence-corrected chi connectivity index (χ0v) is 13.2. The fourth-order valence-corrected chi connectivity index (χ4v) is 2.46. The highest BCUT2D eigenvalue weighted by Crippen LogP contribution is 2.25. The zero-order valence-electron chi connectivity index (χ0n) is 13.2. The molecule has 0 spiro atoms. The number of hydrogen-bond donors (Lipinski definition) is 2. The summed E-state index contributed by atoms with van der Waals surface area (Å²) in [5.41, 5.74) is -0.550. The van der Waals surface area contributed by atoms with Crippen molar-refractivity contribution in [2.45, 2.75) is 25.7 Å². The van der Waals surface area contributed by atoms with Gasteiger partial charge in [0.25, 0.3) is 5.91 Å². The van der Waals surface area contributed by atoms with Crippen LogP contribution in [0.25, 0.3) is 0 Å². The summed E-state index contributed by atoms with van der Waals surface area (Å²) in [7, 11) is 0. The van der Waals surface area contributed by atoms with E-state index in [9.17, 15) is 27.6 Å². The van der Waals surface area contributed by atoms with Crippen LogP contribution in [0, 0.1) is 23.4 Å². The quantitative estimate of drug-likeness (QED) is 0.601. The predicted molar refractivity (Wildman–Crippen MR) is 80.9 cm³/mol. The summed E-state index contributed by atoms with van der Waals surface area (Å²) in [6, 6.07) is 1.52. The Morgan fingerprint density at radius 1 is 1.04 bits per heavy atom. The molecule has 2 N–H and O–H groups in total. The monoisotopic (exact) mass is 358 g/mol. The summed E-state index contributed by atoms with van der Waals surface area (Å²) >= 11 is 0. The van der Waals surface area contributed by atoms with E-state index < -0.39 is 54.1 Å². The summed E-state index contributed by atoms with van der Waals surface area (Å²) in [4.78, 5) is 34.8. The number of anilines is 1. The largest absolute Gasteiger partial charge is 0.455 e. The average Bonchev–Trinajstić information content (AvgIpc) is 3.13. The maximum absolute atomic E-state index is 13.4. The Kier molecular flexibility index (Phi) is 6.37. The molecule has 1 aliphatic carbocycles. The van der Waals surface area contributed by atoms with Crippen LogP contribution in [0.5, 0.6) is 0 Å². The molecule has 2 rings (SSSR count). The summed E-state index contributed by atoms with van der Waals surface area (Å²) in [6.45, 7) is -1.07. The molecule has 9 heteroatoms. The van der Waals surface area contributed by atoms with Gasteiger partial charge in [-0.15, -0.1) is 0 Å². The van der Waals surface area contributed by atoms with Crippen molar-refractivity contribution in [3.63, 3.8) is 0 Å². The van der Waals surface area contributed by atoms with Crippen LogP contribution in [-0.2, 0) is 19.1 Å². The van der Waals surface area contributed by atoms with Crippen LogP contribution in [-0.4, -0.2) is 30.9 Å². The minimum atomic E-state index is -1.71. The first-order valence-electron chi connectivity index (χ1n) is 7.75. The number of rotatable bonds is 6. The minimum Gasteiger partial charge on any atom is -0.455 e. The van der Waals surface area contributed by atoms with E-state index in [1.165, 1.54) is 0 Å². The Bertz CT molecular complexity index is 676. The molecule has 0 unspecified atom stereocenters. The summed E-state index contributed by atoms with van der Waals surface area (Å²) < 4.78 is 44.1. The lowest BCUT2D eigenvalue weighted by Gasteiger charge is -2.10. The van der Waals surface area contributed by atoms with E-state index in [-0.39, 0.29) is 5.92 Å². The molecule has 1 saturated carbocycles. The van der Waals surface area contributed by atoms with Gasteiger partial charge in [0.1, 0.15) is 0 Å². The first-order chi connectivity index (χ1) is 11.9. The maximum Gasteiger partial charge on any atom is 0.309 e. The van der Waals surface area contributed by atoms with E-state index in [0.29, 0.717) is 6.07 Å². The Labute approximate surface area is 141 Å². The molecule has 25 heavy (non-hydrogen) atoms. The molecule has 0 bridgehead atoms. The highest BCUT2D eigenvalue weighted by molar-refractivity contribution is 5.95. The normalized spacial score (nSPS) is 14.2. The maximum atomic E-state index is 13.4. The van der Waals surface area contributed by atoms with E-state index in [1.807, 2.05) is 5.32 Å². The Balaban J connectivity index is 1.73. The van der Waals surface area contributed by atoms with Crippen molar-refractivity contribution in [3.8, 4) is 0 Å². The Morgan fingerprint density at radius 2 is 1.72 bits per heavy atom. The molecule has 0 aliphatic heterocycles. The number of hydrogen-bond acceptors (Lipinski definition) is 4. The molecule has 2 amide bonds. The van der Waals surface area contributed by atoms with E-state index in [2.05, 4.69) is 5.32 Å². The van der Waals surface area contributed by atoms with Gasteiger partial charge in [0.15, 0.2) is 24.1 Å². The van der Waals surface area contributed by atoms with Crippen molar-refractivity contribution >= 4 is 23.5 Å². The molecule has 1 aliphatic rings. The van der Waals surface area contributed by atoms with E-state index >= 15 is 0 Å². The third-order valence-electron chi connectivity index (χ3n) is 3.79. The fraction of sp³-hybridized carbons (Fsp3) is 0.438. The molecule has 0 saturated heterocycles. The van der Waals surface area contributed by atoms with Gasteiger partial charge in [-0.2, -0.15) is 0 Å². The van der Waals surface area contributed by atoms with Crippen LogP contribution in [0.1, 0.15) is 25.7 Å². The lowest BCUT2D eigenvalue weighted by atomic mass is 10.1. The van der Waals surface area contributed by atoms with Gasteiger partial charge in [0, 0.05) is 0 Å². The fourth-order valence-electron chi connectivity index (χ4n) is 2.46. The molecular weight excluding hydrogens is 341 g/mol. The second-order valence-electron chi connectivity index (χ2n) is 5.64. The zero-order chi connectivity index (χ0) is 18.4. The van der Waals surface area contributed by atoms with Crippen LogP contribution in [0.3, 0.4) is 0 Å². The van der Waals surface area contributed by atoms with Gasteiger partial charge in [-0.25, -0.2) is 13.2 Å². The van der Waals surface area contributed by atoms with Gasteiger partial charge in [0.05, 0.1) is 18.2 Å². The number of benzene rings is 1. The van der Waals surface area contributed by atoms with Gasteiger partial charge < -0.3 is 15.4 Å². The topological polar surface area (TPSA) is 84.5 Å². The third kappa shape index (κ3) is 5.20. The molecule has 0 heterocycles. The predicted octanol–water partition coefficient (Wildman–Crippen LogP) is 1.89. The molecule has 0 radical (unpaired) electrons. The van der Waals surface area contributed by atoms with Crippen molar-refractivity contribution in [3.05, 3.63) is 29.6 Å². The first-order valence-corrected chi connectivity index (χ1v) is 7.75. The second-order valence-corrected chi connectivity index (χ2v) is 5.64. The summed E-state index contributed by atoms with van der Waals surface area (Å²) in [5, 5.41) is 4.18. The van der Waals surface area contributed by atoms with Crippen molar-refractivity contribution in [2.24, 2.45) is 5.92 Å². The van der Waals surface area contributed by atoms with E-state index in [0.717, 1.165) is 31.7 Å². The SMILES string of the molecule is O=C(COC(=O)C1CCCC1)NCC(=O)Nc1ccc(F)c(F)c1F. The Morgan fingerprint density at radius 3 is 2.40 bits per heavy atom. The standard InChI is InChI=1S/C16H17F3N2O4/c17-10-5-6-11(15(19)14(10)18)21-12(22)7-20-13(23)8-25-16(24)9-3-1-2-4-9/h5-6,9H,1-4,7-8H2,(H,20,23)(H,21,22). The molecule has 136 valence electrons. The van der Waals surface area contributed by atoms with Crippen LogP contribution in [0.4, 0.5) is 18.9 Å². The molecular formula is C16H17F3N2O4. The highest BCUT2D eigenvalue weighted by Gasteiger charge is 2.24. The van der Waals surface area contributed by atoms with Crippen LogP contribution < -0.4 is 10.6 Å². The average molecular weight is 358 g/mol. The number of esters is 1. The number of ether oxygens (including phenoxy) is 1. The van der Waals surface area contributed by atoms with Crippen molar-refractivity contribution < 1.29 is 32.3 Å². The lowest BCUT2D eigenvalue weighted by molar-refractivity contribution is -0.152. The van der Waals surface area contributed by atoms with Gasteiger partial charge >= 0.3 is 5.97 Å². The molecule has 1 aromatic rings. The van der Waals surface area contributed by atoms with Crippen molar-refractivity contribution in [2.75, 3.05) is 18.5 Å². The van der Waals surface area contributed by atoms with Gasteiger partial charge in [-0.1, -0.05) is 12.8 Å². The number of halogens is 3. The van der Waals surface area contributed by atoms with Crippen molar-refractivity contribution in [1.82, 2.24) is 5.32 Å². The van der Waals surface area contributed by atoms with Crippen molar-refractivity contribution in [1.29, 1.82) is 0 Å². The van der Waals surface area contributed by atoms with Crippen LogP contribution in [0.2, 0.25) is 0 Å².